The van der Waals surface area contributed by atoms with Crippen LogP contribution in [0, 0.1) is 13.8 Å². The lowest BCUT2D eigenvalue weighted by molar-refractivity contribution is 0.456. The Bertz CT molecular complexity index is 503. The smallest absolute Gasteiger partial charge is 0.141 e. The number of aromatic hydroxyl groups is 2. The third-order valence-electron chi connectivity index (χ3n) is 2.20. The van der Waals surface area contributed by atoms with Gasteiger partial charge in [-0.25, -0.2) is 4.68 Å². The highest BCUT2D eigenvalue weighted by Crippen LogP contribution is 2.26. The summed E-state index contributed by atoms with van der Waals surface area (Å²) in [5.74, 6) is 0.203. The van der Waals surface area contributed by atoms with Crippen molar-refractivity contribution >= 4 is 0 Å². The molecule has 0 saturated carbocycles. The molecule has 0 aliphatic heterocycles. The van der Waals surface area contributed by atoms with Crippen LogP contribution in [-0.2, 0) is 0 Å². The third-order valence-corrected chi connectivity index (χ3v) is 2.20. The van der Waals surface area contributed by atoms with Crippen molar-refractivity contribution in [2.75, 3.05) is 0 Å². The van der Waals surface area contributed by atoms with Gasteiger partial charge in [0.05, 0.1) is 5.69 Å². The van der Waals surface area contributed by atoms with Gasteiger partial charge in [0.15, 0.2) is 0 Å². The first-order valence-corrected chi connectivity index (χ1v) is 4.63. The number of phenols is 2. The van der Waals surface area contributed by atoms with Gasteiger partial charge >= 0.3 is 0 Å². The molecule has 0 bridgehead atoms. The van der Waals surface area contributed by atoms with Gasteiger partial charge in [0, 0.05) is 11.8 Å². The van der Waals surface area contributed by atoms with E-state index in [-0.39, 0.29) is 11.5 Å². The van der Waals surface area contributed by atoms with Crippen LogP contribution in [-0.4, -0.2) is 20.0 Å². The SMILES string of the molecule is Cc1cc(C)n(-c2cc(O)ccc2O)n1. The number of hydrogen-bond acceptors (Lipinski definition) is 3. The van der Waals surface area contributed by atoms with E-state index in [1.54, 1.807) is 4.68 Å². The molecule has 78 valence electrons. The fourth-order valence-electron chi connectivity index (χ4n) is 1.55. The first kappa shape index (κ1) is 9.58. The summed E-state index contributed by atoms with van der Waals surface area (Å²) in [5.41, 5.74) is 2.27. The minimum atomic E-state index is 0.0963. The zero-order chi connectivity index (χ0) is 11.0. The van der Waals surface area contributed by atoms with E-state index in [4.69, 9.17) is 0 Å². The average Bonchev–Trinajstić information content (AvgIpc) is 2.50. The standard InChI is InChI=1S/C11H12N2O2/c1-7-5-8(2)13(12-7)10-6-9(14)3-4-11(10)15/h3-6,14-15H,1-2H3. The molecule has 2 N–H and O–H groups in total. The van der Waals surface area contributed by atoms with Crippen molar-refractivity contribution in [2.24, 2.45) is 0 Å². The summed E-state index contributed by atoms with van der Waals surface area (Å²) in [7, 11) is 0. The molecular formula is C11H12N2O2. The Morgan fingerprint density at radius 3 is 2.47 bits per heavy atom. The van der Waals surface area contributed by atoms with Gasteiger partial charge in [0.25, 0.3) is 0 Å². The van der Waals surface area contributed by atoms with Crippen LogP contribution in [0.5, 0.6) is 11.5 Å². The molecule has 4 heteroatoms. The summed E-state index contributed by atoms with van der Waals surface area (Å²) in [6, 6.07) is 6.27. The predicted octanol–water partition coefficient (Wildman–Crippen LogP) is 1.90. The number of hydrogen-bond donors (Lipinski definition) is 2. The number of aryl methyl sites for hydroxylation is 2. The van der Waals surface area contributed by atoms with E-state index < -0.39 is 0 Å². The van der Waals surface area contributed by atoms with Gasteiger partial charge in [-0.1, -0.05) is 0 Å². The highest BCUT2D eigenvalue weighted by atomic mass is 16.3. The van der Waals surface area contributed by atoms with E-state index in [0.717, 1.165) is 11.4 Å². The van der Waals surface area contributed by atoms with Gasteiger partial charge in [0.2, 0.25) is 0 Å². The quantitative estimate of drug-likeness (QED) is 0.697. The largest absolute Gasteiger partial charge is 0.508 e. The van der Waals surface area contributed by atoms with Crippen LogP contribution in [0.25, 0.3) is 5.69 Å². The third kappa shape index (κ3) is 1.66. The normalized spacial score (nSPS) is 10.5. The molecule has 2 aromatic rings. The molecular weight excluding hydrogens is 192 g/mol. The highest BCUT2D eigenvalue weighted by Gasteiger charge is 2.08. The molecule has 4 nitrogen and oxygen atoms in total. The second kappa shape index (κ2) is 3.31. The van der Waals surface area contributed by atoms with E-state index in [1.807, 2.05) is 19.9 Å². The zero-order valence-corrected chi connectivity index (χ0v) is 8.60. The molecule has 0 aliphatic carbocycles. The van der Waals surface area contributed by atoms with Crippen LogP contribution in [0.2, 0.25) is 0 Å². The average molecular weight is 204 g/mol. The van der Waals surface area contributed by atoms with Crippen LogP contribution in [0.4, 0.5) is 0 Å². The number of benzene rings is 1. The van der Waals surface area contributed by atoms with E-state index >= 15 is 0 Å². The van der Waals surface area contributed by atoms with Crippen molar-refractivity contribution in [1.82, 2.24) is 9.78 Å². The molecule has 15 heavy (non-hydrogen) atoms. The van der Waals surface area contributed by atoms with Crippen molar-refractivity contribution in [3.8, 4) is 17.2 Å². The summed E-state index contributed by atoms with van der Waals surface area (Å²) in [5, 5.41) is 23.2. The lowest BCUT2D eigenvalue weighted by atomic mass is 10.2. The monoisotopic (exact) mass is 204 g/mol. The van der Waals surface area contributed by atoms with Crippen molar-refractivity contribution in [3.63, 3.8) is 0 Å². The van der Waals surface area contributed by atoms with E-state index in [2.05, 4.69) is 5.10 Å². The minimum Gasteiger partial charge on any atom is -0.508 e. The number of aromatic nitrogens is 2. The summed E-state index contributed by atoms with van der Waals surface area (Å²) in [6.45, 7) is 3.77. The Morgan fingerprint density at radius 1 is 1.13 bits per heavy atom. The van der Waals surface area contributed by atoms with Gasteiger partial charge in [-0.2, -0.15) is 5.10 Å². The number of rotatable bonds is 1. The Hall–Kier alpha value is -1.97. The number of nitrogens with zero attached hydrogens (tertiary/aromatic N) is 2. The Kier molecular flexibility index (Phi) is 2.11. The van der Waals surface area contributed by atoms with Crippen LogP contribution in [0.15, 0.2) is 24.3 Å². The molecule has 0 fully saturated rings. The summed E-state index contributed by atoms with van der Waals surface area (Å²) in [4.78, 5) is 0. The molecule has 0 atom stereocenters. The Morgan fingerprint density at radius 2 is 1.87 bits per heavy atom. The molecule has 0 spiro atoms. The highest BCUT2D eigenvalue weighted by molar-refractivity contribution is 5.50. The lowest BCUT2D eigenvalue weighted by Gasteiger charge is -2.06. The fourth-order valence-corrected chi connectivity index (χ4v) is 1.55. The van der Waals surface area contributed by atoms with Gasteiger partial charge in [-0.05, 0) is 32.0 Å². The van der Waals surface area contributed by atoms with E-state index in [9.17, 15) is 10.2 Å². The van der Waals surface area contributed by atoms with Gasteiger partial charge in [-0.15, -0.1) is 0 Å². The first-order valence-electron chi connectivity index (χ1n) is 4.63. The zero-order valence-electron chi connectivity index (χ0n) is 8.60. The number of phenolic OH excluding ortho intramolecular Hbond substituents is 2. The van der Waals surface area contributed by atoms with Crippen LogP contribution >= 0.6 is 0 Å². The maximum absolute atomic E-state index is 9.65. The first-order chi connectivity index (χ1) is 7.08. The lowest BCUT2D eigenvalue weighted by Crippen LogP contribution is -1.99. The molecule has 2 rings (SSSR count). The summed E-state index contributed by atoms with van der Waals surface area (Å²) in [6.07, 6.45) is 0. The fraction of sp³-hybridized carbons (Fsp3) is 0.182. The van der Waals surface area contributed by atoms with Crippen molar-refractivity contribution in [2.45, 2.75) is 13.8 Å². The Balaban J connectivity index is 2.62. The maximum Gasteiger partial charge on any atom is 0.141 e. The second-order valence-electron chi connectivity index (χ2n) is 3.51. The summed E-state index contributed by atoms with van der Waals surface area (Å²) < 4.78 is 1.60. The van der Waals surface area contributed by atoms with Crippen LogP contribution in [0.3, 0.4) is 0 Å². The van der Waals surface area contributed by atoms with Crippen molar-refractivity contribution < 1.29 is 10.2 Å². The Labute approximate surface area is 87.4 Å². The molecule has 0 saturated heterocycles. The van der Waals surface area contributed by atoms with Gasteiger partial charge in [0.1, 0.15) is 17.2 Å². The second-order valence-corrected chi connectivity index (χ2v) is 3.51. The van der Waals surface area contributed by atoms with Crippen molar-refractivity contribution in [3.05, 3.63) is 35.7 Å². The molecule has 0 aliphatic rings. The van der Waals surface area contributed by atoms with Crippen LogP contribution in [0.1, 0.15) is 11.4 Å². The van der Waals surface area contributed by atoms with Crippen molar-refractivity contribution in [1.29, 1.82) is 0 Å². The van der Waals surface area contributed by atoms with E-state index in [1.165, 1.54) is 18.2 Å². The predicted molar refractivity (Wildman–Crippen MR) is 56.4 cm³/mol. The molecule has 0 radical (unpaired) electrons. The summed E-state index contributed by atoms with van der Waals surface area (Å²) >= 11 is 0. The maximum atomic E-state index is 9.65. The van der Waals surface area contributed by atoms with Crippen LogP contribution < -0.4 is 0 Å². The molecule has 1 aromatic carbocycles. The van der Waals surface area contributed by atoms with E-state index in [0.29, 0.717) is 5.69 Å². The molecule has 1 aromatic heterocycles. The van der Waals surface area contributed by atoms with Gasteiger partial charge in [-0.3, -0.25) is 0 Å². The molecule has 0 amide bonds. The minimum absolute atomic E-state index is 0.0963. The molecule has 1 heterocycles. The molecule has 0 unspecified atom stereocenters. The van der Waals surface area contributed by atoms with Gasteiger partial charge < -0.3 is 10.2 Å². The topological polar surface area (TPSA) is 58.3 Å².